The second kappa shape index (κ2) is 8.67. The average molecular weight is 412 g/mol. The highest BCUT2D eigenvalue weighted by Crippen LogP contribution is 2.36. The van der Waals surface area contributed by atoms with E-state index >= 15 is 0 Å². The second-order valence-electron chi connectivity index (χ2n) is 6.91. The van der Waals surface area contributed by atoms with Crippen LogP contribution >= 0.6 is 0 Å². The molecule has 0 fully saturated rings. The molecule has 1 amide bonds. The summed E-state index contributed by atoms with van der Waals surface area (Å²) in [6.07, 6.45) is 3.62. The Hall–Kier alpha value is -4.19. The van der Waals surface area contributed by atoms with E-state index in [2.05, 4.69) is 0 Å². The molecule has 31 heavy (non-hydrogen) atoms. The topological polar surface area (TPSA) is 72.7 Å². The summed E-state index contributed by atoms with van der Waals surface area (Å²) in [5, 5.41) is 11.2. The molecule has 0 radical (unpaired) electrons. The van der Waals surface area contributed by atoms with Gasteiger partial charge < -0.3 is 4.74 Å². The number of rotatable bonds is 6. The summed E-state index contributed by atoms with van der Waals surface area (Å²) in [4.78, 5) is 25.7. The Balaban J connectivity index is 1.77. The molecule has 0 aromatic heterocycles. The van der Waals surface area contributed by atoms with Gasteiger partial charge in [0.25, 0.3) is 11.6 Å². The molecule has 3 aromatic rings. The van der Waals surface area contributed by atoms with Crippen LogP contribution in [0.2, 0.25) is 0 Å². The first-order valence-electron chi connectivity index (χ1n) is 9.87. The van der Waals surface area contributed by atoms with E-state index in [4.69, 9.17) is 4.74 Å². The predicted octanol–water partition coefficient (Wildman–Crippen LogP) is 5.46. The number of non-ortho nitro benzene ring substituents is 1. The molecule has 1 aliphatic heterocycles. The fourth-order valence-electron chi connectivity index (χ4n) is 3.45. The van der Waals surface area contributed by atoms with Gasteiger partial charge in [0.2, 0.25) is 0 Å². The zero-order chi connectivity index (χ0) is 21.8. The van der Waals surface area contributed by atoms with Gasteiger partial charge in [0.15, 0.2) is 0 Å². The fraction of sp³-hybridized carbons (Fsp3) is 0.0800. The highest BCUT2D eigenvalue weighted by atomic mass is 16.6. The first-order valence-corrected chi connectivity index (χ1v) is 9.87. The molecule has 0 N–H and O–H groups in total. The lowest BCUT2D eigenvalue weighted by Crippen LogP contribution is -2.25. The Bertz CT molecular complexity index is 1180. The van der Waals surface area contributed by atoms with Crippen LogP contribution in [-0.2, 0) is 4.79 Å². The van der Waals surface area contributed by atoms with Crippen LogP contribution in [0.3, 0.4) is 0 Å². The van der Waals surface area contributed by atoms with E-state index in [1.807, 2.05) is 67.6 Å². The minimum atomic E-state index is -0.466. The number of anilines is 1. The molecule has 6 nitrogen and oxygen atoms in total. The molecule has 4 rings (SSSR count). The number of hydrogen-bond acceptors (Lipinski definition) is 4. The maximum absolute atomic E-state index is 13.4. The van der Waals surface area contributed by atoms with Crippen molar-refractivity contribution in [3.8, 4) is 5.75 Å². The number of amides is 1. The van der Waals surface area contributed by atoms with Crippen molar-refractivity contribution < 1.29 is 14.5 Å². The second-order valence-corrected chi connectivity index (χ2v) is 6.91. The van der Waals surface area contributed by atoms with E-state index in [-0.39, 0.29) is 11.6 Å². The molecule has 0 saturated carbocycles. The van der Waals surface area contributed by atoms with Gasteiger partial charge in [-0.3, -0.25) is 19.8 Å². The van der Waals surface area contributed by atoms with E-state index in [0.29, 0.717) is 23.6 Å². The first-order chi connectivity index (χ1) is 15.1. The maximum atomic E-state index is 13.4. The number of nitro groups is 1. The summed E-state index contributed by atoms with van der Waals surface area (Å²) < 4.78 is 5.47. The maximum Gasteiger partial charge on any atom is 0.271 e. The summed E-state index contributed by atoms with van der Waals surface area (Å²) in [7, 11) is 0. The van der Waals surface area contributed by atoms with Gasteiger partial charge >= 0.3 is 0 Å². The third kappa shape index (κ3) is 4.23. The lowest BCUT2D eigenvalue weighted by Gasteiger charge is -2.20. The van der Waals surface area contributed by atoms with Crippen molar-refractivity contribution in [1.82, 2.24) is 0 Å². The molecule has 3 aromatic carbocycles. The van der Waals surface area contributed by atoms with E-state index in [1.54, 1.807) is 18.2 Å². The number of ether oxygens (including phenoxy) is 1. The fourth-order valence-corrected chi connectivity index (χ4v) is 3.45. The summed E-state index contributed by atoms with van der Waals surface area (Å²) in [6, 6.07) is 23.1. The first kappa shape index (κ1) is 20.1. The summed E-state index contributed by atoms with van der Waals surface area (Å²) in [5.74, 6) is 0.523. The van der Waals surface area contributed by atoms with E-state index in [0.717, 1.165) is 16.9 Å². The zero-order valence-corrected chi connectivity index (χ0v) is 16.9. The average Bonchev–Trinajstić information content (AvgIpc) is 3.12. The Morgan fingerprint density at radius 1 is 1.00 bits per heavy atom. The molecule has 0 spiro atoms. The molecule has 1 heterocycles. The van der Waals surface area contributed by atoms with Crippen LogP contribution in [0.4, 0.5) is 11.4 Å². The van der Waals surface area contributed by atoms with Gasteiger partial charge in [-0.1, -0.05) is 48.5 Å². The van der Waals surface area contributed by atoms with Crippen LogP contribution in [0.25, 0.3) is 11.8 Å². The van der Waals surface area contributed by atoms with Gasteiger partial charge in [0.05, 0.1) is 22.9 Å². The van der Waals surface area contributed by atoms with Crippen molar-refractivity contribution in [2.24, 2.45) is 0 Å². The third-order valence-electron chi connectivity index (χ3n) is 4.86. The van der Waals surface area contributed by atoms with Gasteiger partial charge in [0.1, 0.15) is 5.75 Å². The summed E-state index contributed by atoms with van der Waals surface area (Å²) in [6.45, 7) is 2.51. The molecule has 0 atom stereocenters. The summed E-state index contributed by atoms with van der Waals surface area (Å²) in [5.41, 5.74) is 3.25. The van der Waals surface area contributed by atoms with Crippen molar-refractivity contribution in [2.45, 2.75) is 6.92 Å². The highest BCUT2D eigenvalue weighted by Gasteiger charge is 2.31. The smallest absolute Gasteiger partial charge is 0.271 e. The van der Waals surface area contributed by atoms with Crippen molar-refractivity contribution >= 4 is 29.1 Å². The number of nitro benzene ring substituents is 1. The van der Waals surface area contributed by atoms with Crippen LogP contribution in [-0.4, -0.2) is 17.4 Å². The van der Waals surface area contributed by atoms with Gasteiger partial charge in [-0.15, -0.1) is 0 Å². The number of nitrogens with zero attached hydrogens (tertiary/aromatic N) is 2. The molecule has 0 saturated heterocycles. The number of carbonyl (C=O) groups is 1. The minimum absolute atomic E-state index is 0.0679. The zero-order valence-electron chi connectivity index (χ0n) is 16.9. The largest absolute Gasteiger partial charge is 0.494 e. The molecule has 0 bridgehead atoms. The highest BCUT2D eigenvalue weighted by molar-refractivity contribution is 6.23. The molecular formula is C25H20N2O4. The van der Waals surface area contributed by atoms with Gasteiger partial charge in [-0.2, -0.15) is 0 Å². The Kier molecular flexibility index (Phi) is 5.62. The van der Waals surface area contributed by atoms with E-state index in [1.165, 1.54) is 17.0 Å². The van der Waals surface area contributed by atoms with Crippen LogP contribution in [0.15, 0.2) is 90.5 Å². The normalized spacial score (nSPS) is 14.6. The van der Waals surface area contributed by atoms with Gasteiger partial charge in [-0.05, 0) is 48.4 Å². The molecule has 0 aliphatic carbocycles. The molecule has 0 unspecified atom stereocenters. The number of hydrogen-bond donors (Lipinski definition) is 0. The lowest BCUT2D eigenvalue weighted by atomic mass is 10.1. The van der Waals surface area contributed by atoms with Crippen molar-refractivity contribution in [2.75, 3.05) is 11.5 Å². The van der Waals surface area contributed by atoms with Gasteiger partial charge in [0, 0.05) is 17.7 Å². The quantitative estimate of drug-likeness (QED) is 0.306. The SMILES string of the molecule is CCOc1ccc(/C=C2\C=C(c3ccccc3)N(c3cccc([N+](=O)[O-])c3)C2=O)cc1. The third-order valence-corrected chi connectivity index (χ3v) is 4.86. The van der Waals surface area contributed by atoms with Crippen LogP contribution < -0.4 is 9.64 Å². The van der Waals surface area contributed by atoms with Crippen molar-refractivity contribution in [1.29, 1.82) is 0 Å². The van der Waals surface area contributed by atoms with Crippen LogP contribution in [0.5, 0.6) is 5.75 Å². The van der Waals surface area contributed by atoms with Gasteiger partial charge in [-0.25, -0.2) is 0 Å². The van der Waals surface area contributed by atoms with E-state index < -0.39 is 4.92 Å². The van der Waals surface area contributed by atoms with Crippen LogP contribution in [0, 0.1) is 10.1 Å². The summed E-state index contributed by atoms with van der Waals surface area (Å²) >= 11 is 0. The monoisotopic (exact) mass is 412 g/mol. The van der Waals surface area contributed by atoms with E-state index in [9.17, 15) is 14.9 Å². The Labute approximate surface area is 179 Å². The van der Waals surface area contributed by atoms with Crippen molar-refractivity contribution in [3.05, 3.63) is 112 Å². The lowest BCUT2D eigenvalue weighted by molar-refractivity contribution is -0.384. The molecule has 1 aliphatic rings. The van der Waals surface area contributed by atoms with Crippen LogP contribution in [0.1, 0.15) is 18.1 Å². The standard InChI is InChI=1S/C25H20N2O4/c1-2-31-23-13-11-18(12-14-23)15-20-16-24(19-7-4-3-5-8-19)26(25(20)28)21-9-6-10-22(17-21)27(29)30/h3-17H,2H2,1H3/b20-15+. The molecule has 154 valence electrons. The predicted molar refractivity (Wildman–Crippen MR) is 121 cm³/mol. The number of carbonyl (C=O) groups excluding carboxylic acids is 1. The number of benzene rings is 3. The molecular weight excluding hydrogens is 392 g/mol. The minimum Gasteiger partial charge on any atom is -0.494 e. The Morgan fingerprint density at radius 2 is 1.74 bits per heavy atom. The van der Waals surface area contributed by atoms with Crippen molar-refractivity contribution in [3.63, 3.8) is 0 Å². The Morgan fingerprint density at radius 3 is 2.42 bits per heavy atom. The molecule has 6 heteroatoms.